The SMILES string of the molecule is Cc1ccc(CN2C(=O)CCC2c2nc(-c3ccc(F)cc3)no2)cc1C. The number of hydrogen-bond donors (Lipinski definition) is 0. The number of nitrogens with zero attached hydrogens (tertiary/aromatic N) is 3. The Morgan fingerprint density at radius 2 is 1.93 bits per heavy atom. The molecule has 1 saturated heterocycles. The summed E-state index contributed by atoms with van der Waals surface area (Å²) in [6.45, 7) is 4.65. The van der Waals surface area contributed by atoms with Gasteiger partial charge in [0.05, 0.1) is 0 Å². The summed E-state index contributed by atoms with van der Waals surface area (Å²) < 4.78 is 18.5. The molecule has 0 N–H and O–H groups in total. The molecule has 1 aromatic heterocycles. The van der Waals surface area contributed by atoms with E-state index < -0.39 is 0 Å². The van der Waals surface area contributed by atoms with Crippen molar-refractivity contribution in [2.45, 2.75) is 39.3 Å². The Kier molecular flexibility index (Phi) is 4.48. The van der Waals surface area contributed by atoms with Crippen LogP contribution in [0.3, 0.4) is 0 Å². The van der Waals surface area contributed by atoms with Gasteiger partial charge in [-0.25, -0.2) is 4.39 Å². The molecule has 1 unspecified atom stereocenters. The van der Waals surface area contributed by atoms with Crippen molar-refractivity contribution in [3.05, 3.63) is 70.9 Å². The van der Waals surface area contributed by atoms with Gasteiger partial charge in [0.2, 0.25) is 17.6 Å². The summed E-state index contributed by atoms with van der Waals surface area (Å²) in [6.07, 6.45) is 1.11. The van der Waals surface area contributed by atoms with Gasteiger partial charge in [-0.05, 0) is 61.2 Å². The zero-order valence-corrected chi connectivity index (χ0v) is 15.3. The largest absolute Gasteiger partial charge is 0.337 e. The third kappa shape index (κ3) is 3.47. The number of aromatic nitrogens is 2. The van der Waals surface area contributed by atoms with E-state index in [0.29, 0.717) is 36.7 Å². The first-order valence-electron chi connectivity index (χ1n) is 8.96. The Labute approximate surface area is 156 Å². The van der Waals surface area contributed by atoms with Gasteiger partial charge >= 0.3 is 0 Å². The summed E-state index contributed by atoms with van der Waals surface area (Å²) in [5.74, 6) is 0.586. The van der Waals surface area contributed by atoms with Crippen LogP contribution in [0.4, 0.5) is 4.39 Å². The van der Waals surface area contributed by atoms with Crippen LogP contribution >= 0.6 is 0 Å². The van der Waals surface area contributed by atoms with Crippen LogP contribution in [-0.2, 0) is 11.3 Å². The molecule has 1 amide bonds. The minimum absolute atomic E-state index is 0.0831. The summed E-state index contributed by atoms with van der Waals surface area (Å²) in [5.41, 5.74) is 4.18. The fourth-order valence-corrected chi connectivity index (χ4v) is 3.37. The van der Waals surface area contributed by atoms with Crippen LogP contribution in [0, 0.1) is 19.7 Å². The van der Waals surface area contributed by atoms with Gasteiger partial charge in [0.1, 0.15) is 11.9 Å². The molecule has 1 aliphatic rings. The predicted octanol–water partition coefficient (Wildman–Crippen LogP) is 4.36. The van der Waals surface area contributed by atoms with Gasteiger partial charge in [0.25, 0.3) is 0 Å². The number of aryl methyl sites for hydroxylation is 2. The van der Waals surface area contributed by atoms with Gasteiger partial charge in [-0.1, -0.05) is 23.4 Å². The van der Waals surface area contributed by atoms with Crippen molar-refractivity contribution >= 4 is 5.91 Å². The number of hydrogen-bond acceptors (Lipinski definition) is 4. The molecule has 1 aliphatic heterocycles. The van der Waals surface area contributed by atoms with Crippen molar-refractivity contribution < 1.29 is 13.7 Å². The number of likely N-dealkylation sites (tertiary alicyclic amines) is 1. The molecular weight excluding hydrogens is 345 g/mol. The van der Waals surface area contributed by atoms with E-state index in [1.807, 2.05) is 6.07 Å². The van der Waals surface area contributed by atoms with Crippen molar-refractivity contribution in [1.82, 2.24) is 15.0 Å². The van der Waals surface area contributed by atoms with E-state index in [1.165, 1.54) is 23.3 Å². The average Bonchev–Trinajstić information content (AvgIpc) is 3.27. The maximum absolute atomic E-state index is 13.1. The summed E-state index contributed by atoms with van der Waals surface area (Å²) in [6, 6.07) is 11.9. The van der Waals surface area contributed by atoms with Gasteiger partial charge in [-0.3, -0.25) is 4.79 Å². The number of rotatable bonds is 4. The zero-order chi connectivity index (χ0) is 19.0. The van der Waals surface area contributed by atoms with E-state index in [9.17, 15) is 9.18 Å². The normalized spacial score (nSPS) is 16.9. The summed E-state index contributed by atoms with van der Waals surface area (Å²) in [5, 5.41) is 4.01. The number of halogens is 1. The molecule has 0 radical (unpaired) electrons. The van der Waals surface area contributed by atoms with Gasteiger partial charge in [-0.2, -0.15) is 4.98 Å². The Morgan fingerprint density at radius 1 is 1.15 bits per heavy atom. The molecule has 0 spiro atoms. The first-order valence-corrected chi connectivity index (χ1v) is 8.96. The summed E-state index contributed by atoms with van der Waals surface area (Å²) in [7, 11) is 0. The third-order valence-corrected chi connectivity index (χ3v) is 5.08. The lowest BCUT2D eigenvalue weighted by atomic mass is 10.1. The molecule has 4 rings (SSSR count). The van der Waals surface area contributed by atoms with Crippen LogP contribution in [0.25, 0.3) is 11.4 Å². The van der Waals surface area contributed by atoms with Gasteiger partial charge in [0, 0.05) is 18.5 Å². The molecule has 0 bridgehead atoms. The Hall–Kier alpha value is -3.02. The zero-order valence-electron chi connectivity index (χ0n) is 15.3. The van der Waals surface area contributed by atoms with E-state index in [0.717, 1.165) is 5.56 Å². The van der Waals surface area contributed by atoms with E-state index in [1.54, 1.807) is 17.0 Å². The fourth-order valence-electron chi connectivity index (χ4n) is 3.37. The van der Waals surface area contributed by atoms with Crippen molar-refractivity contribution in [3.63, 3.8) is 0 Å². The highest BCUT2D eigenvalue weighted by Gasteiger charge is 2.36. The maximum Gasteiger partial charge on any atom is 0.249 e. The van der Waals surface area contributed by atoms with Crippen LogP contribution in [0.15, 0.2) is 47.0 Å². The Balaban J connectivity index is 1.57. The lowest BCUT2D eigenvalue weighted by Crippen LogP contribution is -2.27. The second-order valence-corrected chi connectivity index (χ2v) is 6.96. The highest BCUT2D eigenvalue weighted by atomic mass is 19.1. The number of carbonyl (C=O) groups is 1. The number of amides is 1. The highest BCUT2D eigenvalue weighted by Crippen LogP contribution is 2.34. The maximum atomic E-state index is 13.1. The Bertz CT molecular complexity index is 981. The molecule has 6 heteroatoms. The Morgan fingerprint density at radius 3 is 2.67 bits per heavy atom. The third-order valence-electron chi connectivity index (χ3n) is 5.08. The second-order valence-electron chi connectivity index (χ2n) is 6.96. The van der Waals surface area contributed by atoms with Crippen LogP contribution in [0.1, 0.15) is 41.5 Å². The van der Waals surface area contributed by atoms with Crippen LogP contribution in [0.2, 0.25) is 0 Å². The number of carbonyl (C=O) groups excluding carboxylic acids is 1. The summed E-state index contributed by atoms with van der Waals surface area (Å²) in [4.78, 5) is 18.7. The lowest BCUT2D eigenvalue weighted by Gasteiger charge is -2.22. The van der Waals surface area contributed by atoms with Crippen molar-refractivity contribution in [3.8, 4) is 11.4 Å². The molecular formula is C21H20FN3O2. The molecule has 2 aromatic carbocycles. The monoisotopic (exact) mass is 365 g/mol. The van der Waals surface area contributed by atoms with Crippen molar-refractivity contribution in [2.75, 3.05) is 0 Å². The van der Waals surface area contributed by atoms with E-state index >= 15 is 0 Å². The molecule has 27 heavy (non-hydrogen) atoms. The molecule has 5 nitrogen and oxygen atoms in total. The van der Waals surface area contributed by atoms with Crippen LogP contribution < -0.4 is 0 Å². The summed E-state index contributed by atoms with van der Waals surface area (Å²) >= 11 is 0. The highest BCUT2D eigenvalue weighted by molar-refractivity contribution is 5.78. The topological polar surface area (TPSA) is 59.2 Å². The molecule has 0 saturated carbocycles. The van der Waals surface area contributed by atoms with E-state index in [-0.39, 0.29) is 17.8 Å². The van der Waals surface area contributed by atoms with Crippen LogP contribution in [0.5, 0.6) is 0 Å². The first kappa shape index (κ1) is 17.4. The molecule has 1 atom stereocenters. The molecule has 138 valence electrons. The average molecular weight is 365 g/mol. The molecule has 3 aromatic rings. The van der Waals surface area contributed by atoms with Crippen molar-refractivity contribution in [1.29, 1.82) is 0 Å². The van der Waals surface area contributed by atoms with Gasteiger partial charge in [-0.15, -0.1) is 0 Å². The smallest absolute Gasteiger partial charge is 0.249 e. The van der Waals surface area contributed by atoms with Gasteiger partial charge < -0.3 is 9.42 Å². The molecule has 1 fully saturated rings. The quantitative estimate of drug-likeness (QED) is 0.689. The van der Waals surface area contributed by atoms with Crippen LogP contribution in [-0.4, -0.2) is 20.9 Å². The number of benzene rings is 2. The lowest BCUT2D eigenvalue weighted by molar-refractivity contribution is -0.129. The van der Waals surface area contributed by atoms with E-state index in [4.69, 9.17) is 4.52 Å². The second kappa shape index (κ2) is 6.95. The minimum atomic E-state index is -0.316. The van der Waals surface area contributed by atoms with Crippen molar-refractivity contribution in [2.24, 2.45) is 0 Å². The van der Waals surface area contributed by atoms with E-state index in [2.05, 4.69) is 36.1 Å². The standard InChI is InChI=1S/C21H20FN3O2/c1-13-3-4-15(11-14(13)2)12-25-18(9-10-19(25)26)21-23-20(24-27-21)16-5-7-17(22)8-6-16/h3-8,11,18H,9-10,12H2,1-2H3. The minimum Gasteiger partial charge on any atom is -0.337 e. The molecule has 2 heterocycles. The molecule has 0 aliphatic carbocycles. The van der Waals surface area contributed by atoms with Gasteiger partial charge in [0.15, 0.2) is 0 Å². The first-order chi connectivity index (χ1) is 13.0. The predicted molar refractivity (Wildman–Crippen MR) is 98.1 cm³/mol. The fraction of sp³-hybridized carbons (Fsp3) is 0.286.